The predicted octanol–water partition coefficient (Wildman–Crippen LogP) is 3.09. The van der Waals surface area contributed by atoms with Crippen molar-refractivity contribution in [2.45, 2.75) is 6.61 Å². The van der Waals surface area contributed by atoms with Crippen LogP contribution in [0, 0.1) is 10.1 Å². The van der Waals surface area contributed by atoms with Crippen LogP contribution in [0.5, 0.6) is 0 Å². The van der Waals surface area contributed by atoms with Crippen molar-refractivity contribution in [2.24, 2.45) is 0 Å². The van der Waals surface area contributed by atoms with Crippen molar-refractivity contribution in [3.63, 3.8) is 0 Å². The highest BCUT2D eigenvalue weighted by Gasteiger charge is 2.15. The molecule has 3 aromatic rings. The summed E-state index contributed by atoms with van der Waals surface area (Å²) >= 11 is 0. The molecule has 0 aliphatic carbocycles. The van der Waals surface area contributed by atoms with Gasteiger partial charge in [0.1, 0.15) is 6.61 Å². The summed E-state index contributed by atoms with van der Waals surface area (Å²) in [5.74, 6) is 0. The van der Waals surface area contributed by atoms with E-state index < -0.39 is 4.92 Å². The van der Waals surface area contributed by atoms with Crippen LogP contribution >= 0.6 is 0 Å². The lowest BCUT2D eigenvalue weighted by Gasteiger charge is -2.04. The molecule has 1 aromatic heterocycles. The maximum atomic E-state index is 11.1. The van der Waals surface area contributed by atoms with Gasteiger partial charge in [0, 0.05) is 11.6 Å². The second kappa shape index (κ2) is 6.09. The number of nitro benzene ring substituents is 1. The summed E-state index contributed by atoms with van der Waals surface area (Å²) < 4.78 is 0. The predicted molar refractivity (Wildman–Crippen MR) is 81.0 cm³/mol. The van der Waals surface area contributed by atoms with Crippen molar-refractivity contribution in [1.82, 2.24) is 9.94 Å². The third kappa shape index (κ3) is 2.95. The summed E-state index contributed by atoms with van der Waals surface area (Å²) in [4.78, 5) is 17.5. The zero-order chi connectivity index (χ0) is 15.4. The van der Waals surface area contributed by atoms with Gasteiger partial charge in [0.15, 0.2) is 0 Å². The molecule has 0 atom stereocenters. The zero-order valence-corrected chi connectivity index (χ0v) is 11.6. The van der Waals surface area contributed by atoms with E-state index in [2.05, 4.69) is 5.10 Å². The molecule has 0 aliphatic rings. The Balaban J connectivity index is 1.78. The lowest BCUT2D eigenvalue weighted by atomic mass is 10.1. The minimum atomic E-state index is -0.405. The standard InChI is InChI=1S/C16H13N3O3/c20-19(21)16-9-5-4-8-15(16)14-10-17-18(11-14)22-12-13-6-2-1-3-7-13/h1-11H,12H2. The Morgan fingerprint density at radius 3 is 2.59 bits per heavy atom. The van der Waals surface area contributed by atoms with Crippen LogP contribution < -0.4 is 4.84 Å². The number of nitro groups is 1. The van der Waals surface area contributed by atoms with Crippen molar-refractivity contribution in [1.29, 1.82) is 0 Å². The first-order chi connectivity index (χ1) is 10.7. The smallest absolute Gasteiger partial charge is 0.277 e. The fraction of sp³-hybridized carbons (Fsp3) is 0.0625. The second-order valence-electron chi connectivity index (χ2n) is 4.66. The van der Waals surface area contributed by atoms with Gasteiger partial charge in [-0.2, -0.15) is 0 Å². The van der Waals surface area contributed by atoms with Crippen LogP contribution in [0.15, 0.2) is 67.0 Å². The Bertz CT molecular complexity index is 784. The van der Waals surface area contributed by atoms with Gasteiger partial charge in [-0.1, -0.05) is 42.5 Å². The summed E-state index contributed by atoms with van der Waals surface area (Å²) in [6.45, 7) is 0.374. The lowest BCUT2D eigenvalue weighted by Crippen LogP contribution is -2.11. The van der Waals surface area contributed by atoms with Crippen LogP contribution in [0.1, 0.15) is 5.56 Å². The summed E-state index contributed by atoms with van der Waals surface area (Å²) in [5, 5.41) is 15.1. The van der Waals surface area contributed by atoms with E-state index in [1.165, 1.54) is 10.9 Å². The molecule has 3 rings (SSSR count). The number of aromatic nitrogens is 2. The van der Waals surface area contributed by atoms with Gasteiger partial charge < -0.3 is 4.84 Å². The Hall–Kier alpha value is -3.15. The topological polar surface area (TPSA) is 70.2 Å². The summed E-state index contributed by atoms with van der Waals surface area (Å²) in [7, 11) is 0. The molecule has 1 heterocycles. The van der Waals surface area contributed by atoms with Crippen LogP contribution in [-0.4, -0.2) is 14.9 Å². The summed E-state index contributed by atoms with van der Waals surface area (Å²) in [5.41, 5.74) is 2.22. The minimum absolute atomic E-state index is 0.0464. The van der Waals surface area contributed by atoms with Gasteiger partial charge in [0.2, 0.25) is 0 Å². The molecule has 2 aromatic carbocycles. The molecule has 0 radical (unpaired) electrons. The molecule has 22 heavy (non-hydrogen) atoms. The highest BCUT2D eigenvalue weighted by atomic mass is 16.7. The number of benzene rings is 2. The summed E-state index contributed by atoms with van der Waals surface area (Å²) in [6, 6.07) is 16.3. The van der Waals surface area contributed by atoms with Gasteiger partial charge in [-0.15, -0.1) is 9.94 Å². The SMILES string of the molecule is O=[N+]([O-])c1ccccc1-c1cnn(OCc2ccccc2)c1. The van der Waals surface area contributed by atoms with Gasteiger partial charge in [-0.25, -0.2) is 0 Å². The molecule has 0 unspecified atom stereocenters. The van der Waals surface area contributed by atoms with Crippen molar-refractivity contribution in [2.75, 3.05) is 0 Å². The van der Waals surface area contributed by atoms with Crippen molar-refractivity contribution in [3.05, 3.63) is 82.7 Å². The molecule has 0 saturated carbocycles. The van der Waals surface area contributed by atoms with E-state index >= 15 is 0 Å². The Morgan fingerprint density at radius 2 is 1.82 bits per heavy atom. The number of rotatable bonds is 5. The van der Waals surface area contributed by atoms with Gasteiger partial charge in [-0.3, -0.25) is 10.1 Å². The maximum Gasteiger partial charge on any atom is 0.277 e. The molecule has 0 aliphatic heterocycles. The van der Waals surface area contributed by atoms with E-state index in [0.717, 1.165) is 5.56 Å². The Labute approximate surface area is 126 Å². The molecule has 6 heteroatoms. The second-order valence-corrected chi connectivity index (χ2v) is 4.66. The first kappa shape index (κ1) is 13.8. The number of hydrogen-bond acceptors (Lipinski definition) is 4. The first-order valence-corrected chi connectivity index (χ1v) is 6.70. The van der Waals surface area contributed by atoms with Gasteiger partial charge in [-0.05, 0) is 11.6 Å². The molecule has 0 spiro atoms. The highest BCUT2D eigenvalue weighted by Crippen LogP contribution is 2.28. The van der Waals surface area contributed by atoms with Crippen molar-refractivity contribution < 1.29 is 9.76 Å². The quantitative estimate of drug-likeness (QED) is 0.535. The van der Waals surface area contributed by atoms with Crippen molar-refractivity contribution >= 4 is 5.69 Å². The van der Waals surface area contributed by atoms with Gasteiger partial charge in [0.25, 0.3) is 5.69 Å². The Kier molecular flexibility index (Phi) is 3.82. The highest BCUT2D eigenvalue weighted by molar-refractivity contribution is 5.72. The molecule has 0 amide bonds. The third-order valence-corrected chi connectivity index (χ3v) is 3.18. The maximum absolute atomic E-state index is 11.1. The normalized spacial score (nSPS) is 10.4. The molecule has 6 nitrogen and oxygen atoms in total. The molecule has 0 bridgehead atoms. The third-order valence-electron chi connectivity index (χ3n) is 3.18. The van der Waals surface area contributed by atoms with Crippen LogP contribution in [0.3, 0.4) is 0 Å². The average molecular weight is 295 g/mol. The van der Waals surface area contributed by atoms with E-state index in [-0.39, 0.29) is 5.69 Å². The fourth-order valence-corrected chi connectivity index (χ4v) is 2.11. The number of para-hydroxylation sites is 1. The van der Waals surface area contributed by atoms with Gasteiger partial charge >= 0.3 is 0 Å². The lowest BCUT2D eigenvalue weighted by molar-refractivity contribution is -0.384. The van der Waals surface area contributed by atoms with Crippen LogP contribution in [0.25, 0.3) is 11.1 Å². The largest absolute Gasteiger partial charge is 0.392 e. The average Bonchev–Trinajstić information content (AvgIpc) is 3.03. The Morgan fingerprint density at radius 1 is 1.09 bits per heavy atom. The fourth-order valence-electron chi connectivity index (χ4n) is 2.11. The summed E-state index contributed by atoms with van der Waals surface area (Å²) in [6.07, 6.45) is 3.18. The zero-order valence-electron chi connectivity index (χ0n) is 11.6. The van der Waals surface area contributed by atoms with E-state index in [1.54, 1.807) is 30.6 Å². The van der Waals surface area contributed by atoms with E-state index in [1.807, 2.05) is 30.3 Å². The number of hydrogen-bond donors (Lipinski definition) is 0. The minimum Gasteiger partial charge on any atom is -0.392 e. The molecule has 110 valence electrons. The molecular weight excluding hydrogens is 282 g/mol. The molecule has 0 N–H and O–H groups in total. The van der Waals surface area contributed by atoms with E-state index in [0.29, 0.717) is 17.7 Å². The van der Waals surface area contributed by atoms with Crippen LogP contribution in [-0.2, 0) is 6.61 Å². The van der Waals surface area contributed by atoms with Crippen molar-refractivity contribution in [3.8, 4) is 11.1 Å². The van der Waals surface area contributed by atoms with E-state index in [9.17, 15) is 10.1 Å². The number of nitrogens with zero attached hydrogens (tertiary/aromatic N) is 3. The van der Waals surface area contributed by atoms with Crippen LogP contribution in [0.2, 0.25) is 0 Å². The molecule has 0 saturated heterocycles. The van der Waals surface area contributed by atoms with Crippen LogP contribution in [0.4, 0.5) is 5.69 Å². The molecular formula is C16H13N3O3. The monoisotopic (exact) mass is 295 g/mol. The first-order valence-electron chi connectivity index (χ1n) is 6.70. The van der Waals surface area contributed by atoms with Gasteiger partial charge in [0.05, 0.1) is 22.9 Å². The molecule has 0 fully saturated rings. The van der Waals surface area contributed by atoms with E-state index in [4.69, 9.17) is 4.84 Å².